The fourth-order valence-electron chi connectivity index (χ4n) is 5.45. The lowest BCUT2D eigenvalue weighted by Gasteiger charge is -2.37. The largest absolute Gasteiger partial charge is 0.495 e. The minimum Gasteiger partial charge on any atom is -0.495 e. The average Bonchev–Trinajstić information content (AvgIpc) is 3.02. The molecule has 1 saturated carbocycles. The number of para-hydroxylation sites is 2. The number of nitrogens with zero attached hydrogens (tertiary/aromatic N) is 2. The third-order valence-corrected chi connectivity index (χ3v) is 9.87. The number of hydrogen-bond donors (Lipinski definition) is 1. The molecule has 2 aliphatic rings. The molecule has 42 heavy (non-hydrogen) atoms. The summed E-state index contributed by atoms with van der Waals surface area (Å²) in [6.45, 7) is -0.125. The molecule has 222 valence electrons. The second-order valence-corrected chi connectivity index (χ2v) is 12.7. The topological polar surface area (TPSA) is 105 Å². The van der Waals surface area contributed by atoms with E-state index in [9.17, 15) is 18.0 Å². The van der Waals surface area contributed by atoms with Crippen LogP contribution in [0.2, 0.25) is 5.02 Å². The number of sulfonamides is 1. The predicted molar refractivity (Wildman–Crippen MR) is 160 cm³/mol. The van der Waals surface area contributed by atoms with Gasteiger partial charge in [-0.25, -0.2) is 8.42 Å². The Hall–Kier alpha value is -3.60. The molecule has 2 amide bonds. The molecule has 5 rings (SSSR count). The van der Waals surface area contributed by atoms with Crippen molar-refractivity contribution in [2.24, 2.45) is 0 Å². The Kier molecular flexibility index (Phi) is 9.35. The number of halogens is 1. The second kappa shape index (κ2) is 13.1. The van der Waals surface area contributed by atoms with Crippen LogP contribution in [0.1, 0.15) is 37.7 Å². The highest BCUT2D eigenvalue weighted by atomic mass is 35.5. The van der Waals surface area contributed by atoms with Gasteiger partial charge in [0, 0.05) is 12.6 Å². The summed E-state index contributed by atoms with van der Waals surface area (Å²) in [5.74, 6) is -0.0699. The lowest BCUT2D eigenvalue weighted by atomic mass is 9.95. The first-order chi connectivity index (χ1) is 20.3. The van der Waals surface area contributed by atoms with Gasteiger partial charge in [0.2, 0.25) is 15.9 Å². The smallest absolute Gasteiger partial charge is 0.263 e. The molecule has 0 aromatic heterocycles. The van der Waals surface area contributed by atoms with Gasteiger partial charge < -0.3 is 19.7 Å². The number of rotatable bonds is 9. The molecule has 0 bridgehead atoms. The highest BCUT2D eigenvalue weighted by Crippen LogP contribution is 2.35. The summed E-state index contributed by atoms with van der Waals surface area (Å²) in [6, 6.07) is 20.4. The van der Waals surface area contributed by atoms with Gasteiger partial charge in [-0.3, -0.25) is 9.59 Å². The molecule has 0 unspecified atom stereocenters. The van der Waals surface area contributed by atoms with Crippen molar-refractivity contribution in [3.63, 3.8) is 0 Å². The van der Waals surface area contributed by atoms with Gasteiger partial charge >= 0.3 is 0 Å². The molecule has 3 aromatic rings. The fraction of sp³-hybridized carbons (Fsp3) is 0.355. The number of anilines is 1. The van der Waals surface area contributed by atoms with E-state index in [-0.39, 0.29) is 35.0 Å². The first-order valence-corrected chi connectivity index (χ1v) is 15.8. The van der Waals surface area contributed by atoms with Gasteiger partial charge in [0.05, 0.1) is 35.8 Å². The van der Waals surface area contributed by atoms with Crippen molar-refractivity contribution in [1.29, 1.82) is 0 Å². The van der Waals surface area contributed by atoms with Crippen LogP contribution in [0.5, 0.6) is 11.5 Å². The Morgan fingerprint density at radius 2 is 1.74 bits per heavy atom. The van der Waals surface area contributed by atoms with E-state index < -0.39 is 22.0 Å². The number of methoxy groups -OCH3 is 1. The summed E-state index contributed by atoms with van der Waals surface area (Å²) < 4.78 is 40.5. The molecule has 0 radical (unpaired) electrons. The SMILES string of the molecule is COc1ccc(S(=O)(=O)N(CC(=O)N2C[C@H](C(=O)NCc3ccccc3)Oc3ccccc32)C2CCCCC2)cc1Cl. The van der Waals surface area contributed by atoms with Gasteiger partial charge in [-0.15, -0.1) is 0 Å². The summed E-state index contributed by atoms with van der Waals surface area (Å²) >= 11 is 6.29. The zero-order chi connectivity index (χ0) is 29.7. The summed E-state index contributed by atoms with van der Waals surface area (Å²) in [7, 11) is -2.64. The Balaban J connectivity index is 1.40. The van der Waals surface area contributed by atoms with Crippen molar-refractivity contribution in [1.82, 2.24) is 9.62 Å². The number of benzene rings is 3. The summed E-state index contributed by atoms with van der Waals surface area (Å²) in [5, 5.41) is 3.05. The molecule has 1 aliphatic carbocycles. The van der Waals surface area contributed by atoms with Gasteiger partial charge in [0.1, 0.15) is 11.5 Å². The number of hydrogen-bond acceptors (Lipinski definition) is 6. The van der Waals surface area contributed by atoms with Crippen molar-refractivity contribution < 1.29 is 27.5 Å². The van der Waals surface area contributed by atoms with Crippen molar-refractivity contribution >= 4 is 39.1 Å². The van der Waals surface area contributed by atoms with E-state index in [1.54, 1.807) is 24.3 Å². The maximum atomic E-state index is 14.0. The van der Waals surface area contributed by atoms with Crippen LogP contribution in [0, 0.1) is 0 Å². The number of fused-ring (bicyclic) bond motifs is 1. The van der Waals surface area contributed by atoms with E-state index >= 15 is 0 Å². The molecule has 1 atom stereocenters. The number of carbonyl (C=O) groups is 2. The van der Waals surface area contributed by atoms with Gasteiger partial charge in [0.15, 0.2) is 6.10 Å². The van der Waals surface area contributed by atoms with E-state index in [2.05, 4.69) is 5.32 Å². The average molecular weight is 612 g/mol. The van der Waals surface area contributed by atoms with Crippen LogP contribution < -0.4 is 19.7 Å². The quantitative estimate of drug-likeness (QED) is 0.373. The van der Waals surface area contributed by atoms with Crippen molar-refractivity contribution in [3.8, 4) is 11.5 Å². The zero-order valence-corrected chi connectivity index (χ0v) is 24.9. The minimum atomic E-state index is -4.09. The lowest BCUT2D eigenvalue weighted by Crippen LogP contribution is -2.54. The van der Waals surface area contributed by atoms with Crippen LogP contribution in [0.4, 0.5) is 5.69 Å². The number of nitrogens with one attached hydrogen (secondary N) is 1. The third kappa shape index (κ3) is 6.56. The van der Waals surface area contributed by atoms with Gasteiger partial charge in [-0.1, -0.05) is 73.3 Å². The van der Waals surface area contributed by atoms with Gasteiger partial charge in [-0.2, -0.15) is 4.31 Å². The predicted octanol–water partition coefficient (Wildman–Crippen LogP) is 4.78. The van der Waals surface area contributed by atoms with Crippen molar-refractivity contribution in [3.05, 3.63) is 83.4 Å². The van der Waals surface area contributed by atoms with E-state index in [1.807, 2.05) is 30.3 Å². The zero-order valence-electron chi connectivity index (χ0n) is 23.4. The molecule has 9 nitrogen and oxygen atoms in total. The van der Waals surface area contributed by atoms with Crippen LogP contribution in [-0.4, -0.2) is 56.9 Å². The molecule has 11 heteroatoms. The Bertz CT molecular complexity index is 1530. The van der Waals surface area contributed by atoms with Crippen molar-refractivity contribution in [2.75, 3.05) is 25.1 Å². The summed E-state index contributed by atoms with van der Waals surface area (Å²) in [4.78, 5) is 28.6. The van der Waals surface area contributed by atoms with E-state index in [1.165, 1.54) is 34.5 Å². The first-order valence-electron chi connectivity index (χ1n) is 14.0. The van der Waals surface area contributed by atoms with E-state index in [0.29, 0.717) is 36.6 Å². The Morgan fingerprint density at radius 1 is 1.02 bits per heavy atom. The van der Waals surface area contributed by atoms with Crippen LogP contribution in [-0.2, 0) is 26.2 Å². The monoisotopic (exact) mass is 611 g/mol. The minimum absolute atomic E-state index is 0.00721. The third-order valence-electron chi connectivity index (χ3n) is 7.68. The Labute approximate surface area is 251 Å². The van der Waals surface area contributed by atoms with Crippen molar-refractivity contribution in [2.45, 2.75) is 55.7 Å². The lowest BCUT2D eigenvalue weighted by molar-refractivity contribution is -0.128. The normalized spacial score (nSPS) is 17.3. The standard InChI is InChI=1S/C31H34ClN3O6S/c1-40-27-17-16-24(18-25(27)32)42(38,39)35(23-12-6-3-7-13-23)21-30(36)34-20-29(41-28-15-9-8-14-26(28)34)31(37)33-19-22-10-4-2-5-11-22/h2,4-5,8-11,14-18,23,29H,3,6-7,12-13,19-21H2,1H3,(H,33,37)/t29-/m1/s1. The van der Waals surface area contributed by atoms with Crippen LogP contribution in [0.3, 0.4) is 0 Å². The van der Waals surface area contributed by atoms with E-state index in [0.717, 1.165) is 24.8 Å². The van der Waals surface area contributed by atoms with Gasteiger partial charge in [0.25, 0.3) is 5.91 Å². The Morgan fingerprint density at radius 3 is 2.45 bits per heavy atom. The van der Waals surface area contributed by atoms with Crippen LogP contribution >= 0.6 is 11.6 Å². The highest BCUT2D eigenvalue weighted by molar-refractivity contribution is 7.89. The molecule has 0 spiro atoms. The maximum absolute atomic E-state index is 14.0. The second-order valence-electron chi connectivity index (χ2n) is 10.4. The molecule has 1 heterocycles. The fourth-order valence-corrected chi connectivity index (χ4v) is 7.43. The first kappa shape index (κ1) is 29.9. The van der Waals surface area contributed by atoms with E-state index in [4.69, 9.17) is 21.1 Å². The number of ether oxygens (including phenoxy) is 2. The maximum Gasteiger partial charge on any atom is 0.263 e. The highest BCUT2D eigenvalue weighted by Gasteiger charge is 2.39. The number of amides is 2. The van der Waals surface area contributed by atoms with Crippen LogP contribution in [0.15, 0.2) is 77.7 Å². The van der Waals surface area contributed by atoms with Gasteiger partial charge in [-0.05, 0) is 48.7 Å². The molecule has 1 fully saturated rings. The molecular formula is C31H34ClN3O6S. The molecule has 0 saturated heterocycles. The van der Waals surface area contributed by atoms with Crippen LogP contribution in [0.25, 0.3) is 0 Å². The molecule has 1 N–H and O–H groups in total. The molecule has 3 aromatic carbocycles. The number of carbonyl (C=O) groups excluding carboxylic acids is 2. The molecular weight excluding hydrogens is 578 g/mol. The summed E-state index contributed by atoms with van der Waals surface area (Å²) in [5.41, 5.74) is 1.42. The molecule has 1 aliphatic heterocycles. The summed E-state index contributed by atoms with van der Waals surface area (Å²) in [6.07, 6.45) is 3.11.